The minimum Gasteiger partial charge on any atom is -0.481 e. The van der Waals surface area contributed by atoms with Crippen molar-refractivity contribution in [3.63, 3.8) is 0 Å². The van der Waals surface area contributed by atoms with Gasteiger partial charge in [0.15, 0.2) is 0 Å². The lowest BCUT2D eigenvalue weighted by Gasteiger charge is -2.07. The monoisotopic (exact) mass is 230 g/mol. The average molecular weight is 231 g/mol. The number of carboxylic acid groups (broad SMARTS) is 1. The first-order valence-corrected chi connectivity index (χ1v) is 4.67. The van der Waals surface area contributed by atoms with Crippen LogP contribution in [0.5, 0.6) is 0 Å². The number of aliphatic carboxylic acids is 1. The van der Waals surface area contributed by atoms with Crippen LogP contribution in [0.2, 0.25) is 0 Å². The Morgan fingerprint density at radius 3 is 2.29 bits per heavy atom. The minimum atomic E-state index is -0.977. The summed E-state index contributed by atoms with van der Waals surface area (Å²) in [7, 11) is 0. The predicted molar refractivity (Wildman–Crippen MR) is 56.6 cm³/mol. The van der Waals surface area contributed by atoms with Crippen LogP contribution in [-0.2, 0) is 4.79 Å². The normalized spacial score (nSPS) is 11.9. The summed E-state index contributed by atoms with van der Waals surface area (Å²) in [6.45, 7) is 0. The number of halogens is 2. The maximum absolute atomic E-state index is 10.9. The van der Waals surface area contributed by atoms with Gasteiger partial charge in [0.2, 0.25) is 0 Å². The average Bonchev–Trinajstić information content (AvgIpc) is 2.15. The largest absolute Gasteiger partial charge is 0.481 e. The van der Waals surface area contributed by atoms with Gasteiger partial charge in [0.25, 0.3) is 0 Å². The summed E-state index contributed by atoms with van der Waals surface area (Å²) in [6.07, 6.45) is 1.29. The molecule has 0 unspecified atom stereocenters. The molecule has 0 aromatic heterocycles. The van der Waals surface area contributed by atoms with E-state index in [-0.39, 0.29) is 4.49 Å². The third kappa shape index (κ3) is 3.05. The zero-order valence-electron chi connectivity index (χ0n) is 7.15. The van der Waals surface area contributed by atoms with Crippen molar-refractivity contribution in [1.82, 2.24) is 0 Å². The predicted octanol–water partition coefficient (Wildman–Crippen LogP) is 3.17. The number of carboxylic acids is 1. The molecule has 0 bridgehead atoms. The highest BCUT2D eigenvalue weighted by Crippen LogP contribution is 2.21. The molecule has 0 saturated heterocycles. The van der Waals surface area contributed by atoms with E-state index in [0.717, 1.165) is 0 Å². The number of hydrogen-bond donors (Lipinski definition) is 1. The van der Waals surface area contributed by atoms with Crippen molar-refractivity contribution in [3.05, 3.63) is 46.5 Å². The molecule has 0 amide bonds. The van der Waals surface area contributed by atoms with E-state index in [4.69, 9.17) is 28.3 Å². The van der Waals surface area contributed by atoms with E-state index < -0.39 is 11.9 Å². The Kier molecular flexibility index (Phi) is 3.98. The third-order valence-electron chi connectivity index (χ3n) is 1.72. The molecule has 0 aliphatic rings. The summed E-state index contributed by atoms with van der Waals surface area (Å²) in [5, 5.41) is 8.91. The van der Waals surface area contributed by atoms with Crippen LogP contribution in [0.15, 0.2) is 40.9 Å². The summed E-state index contributed by atoms with van der Waals surface area (Å²) in [5.41, 5.74) is 0.652. The van der Waals surface area contributed by atoms with E-state index in [2.05, 4.69) is 0 Å². The molecular weight excluding hydrogens is 223 g/mol. The van der Waals surface area contributed by atoms with Gasteiger partial charge in [-0.15, -0.1) is 0 Å². The third-order valence-corrected chi connectivity index (χ3v) is 1.97. The van der Waals surface area contributed by atoms with Gasteiger partial charge in [-0.3, -0.25) is 4.79 Å². The zero-order chi connectivity index (χ0) is 10.6. The van der Waals surface area contributed by atoms with Crippen molar-refractivity contribution in [2.24, 2.45) is 0 Å². The van der Waals surface area contributed by atoms with Crippen molar-refractivity contribution >= 4 is 29.2 Å². The summed E-state index contributed by atoms with van der Waals surface area (Å²) >= 11 is 10.9. The molecule has 0 aliphatic carbocycles. The highest BCUT2D eigenvalue weighted by atomic mass is 35.5. The Morgan fingerprint density at radius 1 is 1.29 bits per heavy atom. The van der Waals surface area contributed by atoms with Crippen molar-refractivity contribution < 1.29 is 9.90 Å². The Morgan fingerprint density at radius 2 is 1.86 bits per heavy atom. The standard InChI is InChI=1S/C10H8Cl2O2/c11-9(12)6-8(10(13)14)7-4-2-1-3-5-7/h1-6,8H,(H,13,14)/t8-/m1/s1. The molecule has 0 radical (unpaired) electrons. The fourth-order valence-corrected chi connectivity index (χ4v) is 1.35. The van der Waals surface area contributed by atoms with Gasteiger partial charge in [-0.2, -0.15) is 0 Å². The molecular formula is C10H8Cl2O2. The Bertz CT molecular complexity index is 342. The van der Waals surface area contributed by atoms with Crippen molar-refractivity contribution in [1.29, 1.82) is 0 Å². The van der Waals surface area contributed by atoms with Crippen molar-refractivity contribution in [3.8, 4) is 0 Å². The maximum atomic E-state index is 10.9. The van der Waals surface area contributed by atoms with Crippen LogP contribution in [0.25, 0.3) is 0 Å². The SMILES string of the molecule is O=C(O)[C@H](C=C(Cl)Cl)c1ccccc1. The lowest BCUT2D eigenvalue weighted by atomic mass is 10.00. The summed E-state index contributed by atoms with van der Waals surface area (Å²) in [6, 6.07) is 8.77. The first kappa shape index (κ1) is 11.1. The molecule has 1 aromatic carbocycles. The van der Waals surface area contributed by atoms with Crippen LogP contribution >= 0.6 is 23.2 Å². The van der Waals surface area contributed by atoms with Gasteiger partial charge < -0.3 is 5.11 Å². The van der Waals surface area contributed by atoms with E-state index in [1.165, 1.54) is 6.08 Å². The quantitative estimate of drug-likeness (QED) is 0.867. The zero-order valence-corrected chi connectivity index (χ0v) is 8.66. The molecule has 1 N–H and O–H groups in total. The fraction of sp³-hybridized carbons (Fsp3) is 0.100. The lowest BCUT2D eigenvalue weighted by Crippen LogP contribution is -2.08. The molecule has 1 rings (SSSR count). The van der Waals surface area contributed by atoms with E-state index in [1.807, 2.05) is 6.07 Å². The van der Waals surface area contributed by atoms with Gasteiger partial charge >= 0.3 is 5.97 Å². The number of benzene rings is 1. The summed E-state index contributed by atoms with van der Waals surface area (Å²) in [4.78, 5) is 10.9. The minimum absolute atomic E-state index is 0.0405. The molecule has 1 atom stereocenters. The molecule has 0 heterocycles. The van der Waals surface area contributed by atoms with Gasteiger partial charge in [0, 0.05) is 0 Å². The summed E-state index contributed by atoms with van der Waals surface area (Å²) < 4.78 is -0.0405. The summed E-state index contributed by atoms with van der Waals surface area (Å²) in [5.74, 6) is -1.77. The first-order chi connectivity index (χ1) is 6.61. The Labute approximate surface area is 91.8 Å². The maximum Gasteiger partial charge on any atom is 0.314 e. The van der Waals surface area contributed by atoms with E-state index in [1.54, 1.807) is 24.3 Å². The van der Waals surface area contributed by atoms with Crippen LogP contribution < -0.4 is 0 Å². The van der Waals surface area contributed by atoms with Crippen LogP contribution in [-0.4, -0.2) is 11.1 Å². The topological polar surface area (TPSA) is 37.3 Å². The second-order valence-electron chi connectivity index (χ2n) is 2.68. The number of rotatable bonds is 3. The number of hydrogen-bond acceptors (Lipinski definition) is 1. The molecule has 4 heteroatoms. The van der Waals surface area contributed by atoms with Crippen LogP contribution in [0.4, 0.5) is 0 Å². The van der Waals surface area contributed by atoms with Crippen molar-refractivity contribution in [2.45, 2.75) is 5.92 Å². The Hall–Kier alpha value is -0.990. The lowest BCUT2D eigenvalue weighted by molar-refractivity contribution is -0.137. The van der Waals surface area contributed by atoms with Gasteiger partial charge in [-0.25, -0.2) is 0 Å². The highest BCUT2D eigenvalue weighted by Gasteiger charge is 2.16. The van der Waals surface area contributed by atoms with E-state index in [0.29, 0.717) is 5.56 Å². The molecule has 0 fully saturated rings. The fourth-order valence-electron chi connectivity index (χ4n) is 1.10. The second kappa shape index (κ2) is 5.03. The molecule has 74 valence electrons. The Balaban J connectivity index is 3.01. The van der Waals surface area contributed by atoms with Crippen LogP contribution in [0.1, 0.15) is 11.5 Å². The number of carbonyl (C=O) groups is 1. The van der Waals surface area contributed by atoms with Gasteiger partial charge in [-0.1, -0.05) is 53.5 Å². The highest BCUT2D eigenvalue weighted by molar-refractivity contribution is 6.56. The van der Waals surface area contributed by atoms with Crippen LogP contribution in [0, 0.1) is 0 Å². The molecule has 0 aliphatic heterocycles. The van der Waals surface area contributed by atoms with Crippen molar-refractivity contribution in [2.75, 3.05) is 0 Å². The molecule has 0 spiro atoms. The molecule has 14 heavy (non-hydrogen) atoms. The van der Waals surface area contributed by atoms with E-state index >= 15 is 0 Å². The smallest absolute Gasteiger partial charge is 0.314 e. The first-order valence-electron chi connectivity index (χ1n) is 3.92. The van der Waals surface area contributed by atoms with Gasteiger partial charge in [0.05, 0.1) is 0 Å². The van der Waals surface area contributed by atoms with E-state index in [9.17, 15) is 4.79 Å². The molecule has 0 saturated carbocycles. The van der Waals surface area contributed by atoms with Gasteiger partial charge in [0.1, 0.15) is 10.4 Å². The molecule has 2 nitrogen and oxygen atoms in total. The second-order valence-corrected chi connectivity index (χ2v) is 3.69. The van der Waals surface area contributed by atoms with Gasteiger partial charge in [-0.05, 0) is 11.6 Å². The molecule has 1 aromatic rings. The van der Waals surface area contributed by atoms with Crippen LogP contribution in [0.3, 0.4) is 0 Å².